The van der Waals surface area contributed by atoms with Gasteiger partial charge in [-0.15, -0.1) is 0 Å². The second-order valence-electron chi connectivity index (χ2n) is 1.64. The molecule has 0 spiro atoms. The summed E-state index contributed by atoms with van der Waals surface area (Å²) in [6, 6.07) is -0.236. The summed E-state index contributed by atoms with van der Waals surface area (Å²) in [6.07, 6.45) is 0. The Hall–Kier alpha value is -0.340. The Morgan fingerprint density at radius 3 is 2.43 bits per heavy atom. The van der Waals surface area contributed by atoms with Crippen molar-refractivity contribution in [2.24, 2.45) is 5.73 Å². The van der Waals surface area contributed by atoms with E-state index >= 15 is 0 Å². The van der Waals surface area contributed by atoms with Crippen LogP contribution in [-0.4, -0.2) is 17.8 Å². The Morgan fingerprint density at radius 2 is 2.43 bits per heavy atom. The van der Waals surface area contributed by atoms with Gasteiger partial charge in [-0.2, -0.15) is 0 Å². The summed E-state index contributed by atoms with van der Waals surface area (Å²) in [5.74, 6) is 0. The van der Waals surface area contributed by atoms with Crippen molar-refractivity contribution in [1.82, 2.24) is 0 Å². The van der Waals surface area contributed by atoms with Crippen LogP contribution in [0.15, 0.2) is 12.2 Å². The third-order valence-corrected chi connectivity index (χ3v) is 0.830. The molecule has 0 saturated heterocycles. The van der Waals surface area contributed by atoms with Crippen LogP contribution in [0.4, 0.5) is 0 Å². The van der Waals surface area contributed by atoms with Gasteiger partial charge in [-0.1, -0.05) is 12.2 Å². The molecule has 7 heavy (non-hydrogen) atoms. The predicted molar refractivity (Wildman–Crippen MR) is 29.9 cm³/mol. The van der Waals surface area contributed by atoms with Crippen LogP contribution in [0, 0.1) is 0 Å². The lowest BCUT2D eigenvalue weighted by Gasteiger charge is -2.03. The Labute approximate surface area is 43.6 Å². The van der Waals surface area contributed by atoms with Crippen molar-refractivity contribution in [2.75, 3.05) is 6.61 Å². The third-order valence-electron chi connectivity index (χ3n) is 0.830. The first-order valence-electron chi connectivity index (χ1n) is 2.20. The van der Waals surface area contributed by atoms with Gasteiger partial charge in [-0.05, 0) is 6.92 Å². The summed E-state index contributed by atoms with van der Waals surface area (Å²) in [5, 5.41) is 8.32. The zero-order valence-corrected chi connectivity index (χ0v) is 4.52. The van der Waals surface area contributed by atoms with Crippen LogP contribution in [0.3, 0.4) is 0 Å². The Morgan fingerprint density at radius 1 is 2.00 bits per heavy atom. The minimum atomic E-state index is -0.236. The molecule has 0 aromatic heterocycles. The van der Waals surface area contributed by atoms with E-state index in [1.165, 1.54) is 0 Å². The molecule has 2 heteroatoms. The largest absolute Gasteiger partial charge is 0.394 e. The predicted octanol–water partition coefficient (Wildman–Crippen LogP) is -0.118. The van der Waals surface area contributed by atoms with Gasteiger partial charge in [0.15, 0.2) is 0 Å². The molecule has 0 heterocycles. The van der Waals surface area contributed by atoms with Gasteiger partial charge in [0.2, 0.25) is 0 Å². The van der Waals surface area contributed by atoms with E-state index in [9.17, 15) is 0 Å². The van der Waals surface area contributed by atoms with Gasteiger partial charge in [-0.25, -0.2) is 0 Å². The normalized spacial score (nSPS) is 13.6. The molecule has 42 valence electrons. The van der Waals surface area contributed by atoms with Crippen molar-refractivity contribution in [1.29, 1.82) is 0 Å². The van der Waals surface area contributed by atoms with Crippen molar-refractivity contribution in [3.63, 3.8) is 0 Å². The maximum atomic E-state index is 8.32. The zero-order valence-electron chi connectivity index (χ0n) is 4.52. The first-order valence-corrected chi connectivity index (χ1v) is 2.20. The Balaban J connectivity index is 3.34. The van der Waals surface area contributed by atoms with Crippen LogP contribution in [0.1, 0.15) is 6.92 Å². The minimum absolute atomic E-state index is 0.00463. The third kappa shape index (κ3) is 2.37. The highest BCUT2D eigenvalue weighted by molar-refractivity contribution is 4.98. The van der Waals surface area contributed by atoms with Crippen LogP contribution in [0.25, 0.3) is 0 Å². The Bertz CT molecular complexity index is 70.5. The molecule has 0 bridgehead atoms. The SMILES string of the molecule is C=C(C)[C@@H](N)CO. The molecule has 3 N–H and O–H groups in total. The molecule has 0 radical (unpaired) electrons. The van der Waals surface area contributed by atoms with Crippen molar-refractivity contribution < 1.29 is 5.11 Å². The maximum Gasteiger partial charge on any atom is 0.0620 e. The molecule has 0 unspecified atom stereocenters. The molecule has 0 aliphatic rings. The fourth-order valence-electron chi connectivity index (χ4n) is 0.156. The zero-order chi connectivity index (χ0) is 5.86. The fourth-order valence-corrected chi connectivity index (χ4v) is 0.156. The van der Waals surface area contributed by atoms with E-state index in [1.807, 2.05) is 0 Å². The monoisotopic (exact) mass is 101 g/mol. The first-order chi connectivity index (χ1) is 3.18. The van der Waals surface area contributed by atoms with Crippen LogP contribution in [0.2, 0.25) is 0 Å². The lowest BCUT2D eigenvalue weighted by Crippen LogP contribution is -2.24. The van der Waals surface area contributed by atoms with Crippen LogP contribution in [-0.2, 0) is 0 Å². The molecule has 0 fully saturated rings. The second kappa shape index (κ2) is 2.77. The summed E-state index contributed by atoms with van der Waals surface area (Å²) in [5.41, 5.74) is 6.09. The summed E-state index contributed by atoms with van der Waals surface area (Å²) >= 11 is 0. The number of hydrogen-bond acceptors (Lipinski definition) is 2. The average Bonchev–Trinajstić information content (AvgIpc) is 1.65. The summed E-state index contributed by atoms with van der Waals surface area (Å²) in [7, 11) is 0. The number of nitrogens with two attached hydrogens (primary N) is 1. The van der Waals surface area contributed by atoms with Crippen LogP contribution in [0.5, 0.6) is 0 Å². The number of aliphatic hydroxyl groups excluding tert-OH is 1. The smallest absolute Gasteiger partial charge is 0.0620 e. The van der Waals surface area contributed by atoms with E-state index in [1.54, 1.807) is 6.92 Å². The van der Waals surface area contributed by atoms with Crippen molar-refractivity contribution in [3.8, 4) is 0 Å². The summed E-state index contributed by atoms with van der Waals surface area (Å²) in [6.45, 7) is 5.33. The molecule has 0 aliphatic heterocycles. The van der Waals surface area contributed by atoms with Crippen molar-refractivity contribution in [3.05, 3.63) is 12.2 Å². The van der Waals surface area contributed by atoms with Gasteiger partial charge in [0.1, 0.15) is 0 Å². The molecule has 0 rings (SSSR count). The summed E-state index contributed by atoms with van der Waals surface area (Å²) < 4.78 is 0. The van der Waals surface area contributed by atoms with E-state index in [2.05, 4.69) is 6.58 Å². The second-order valence-corrected chi connectivity index (χ2v) is 1.64. The fraction of sp³-hybridized carbons (Fsp3) is 0.600. The highest BCUT2D eigenvalue weighted by Gasteiger charge is 1.96. The first kappa shape index (κ1) is 6.66. The molecule has 0 aromatic carbocycles. The molecular weight excluding hydrogens is 90.1 g/mol. The number of hydrogen-bond donors (Lipinski definition) is 2. The van der Waals surface area contributed by atoms with E-state index in [0.29, 0.717) is 0 Å². The lowest BCUT2D eigenvalue weighted by atomic mass is 10.2. The van der Waals surface area contributed by atoms with Crippen molar-refractivity contribution >= 4 is 0 Å². The molecule has 2 nitrogen and oxygen atoms in total. The topological polar surface area (TPSA) is 46.2 Å². The quantitative estimate of drug-likeness (QED) is 0.476. The van der Waals surface area contributed by atoms with Gasteiger partial charge in [0.25, 0.3) is 0 Å². The summed E-state index contributed by atoms with van der Waals surface area (Å²) in [4.78, 5) is 0. The number of aliphatic hydroxyl groups is 1. The highest BCUT2D eigenvalue weighted by atomic mass is 16.3. The van der Waals surface area contributed by atoms with Crippen LogP contribution >= 0.6 is 0 Å². The van der Waals surface area contributed by atoms with E-state index in [-0.39, 0.29) is 12.6 Å². The van der Waals surface area contributed by atoms with Gasteiger partial charge >= 0.3 is 0 Å². The minimum Gasteiger partial charge on any atom is -0.394 e. The molecule has 0 saturated carbocycles. The number of rotatable bonds is 2. The van der Waals surface area contributed by atoms with E-state index in [4.69, 9.17) is 10.8 Å². The van der Waals surface area contributed by atoms with Gasteiger partial charge in [0.05, 0.1) is 6.61 Å². The molecule has 0 amide bonds. The van der Waals surface area contributed by atoms with Gasteiger partial charge < -0.3 is 10.8 Å². The molecule has 0 aliphatic carbocycles. The molecule has 0 aromatic rings. The van der Waals surface area contributed by atoms with E-state index < -0.39 is 0 Å². The molecule has 1 atom stereocenters. The average molecular weight is 101 g/mol. The van der Waals surface area contributed by atoms with E-state index in [0.717, 1.165) is 5.57 Å². The van der Waals surface area contributed by atoms with Gasteiger partial charge in [0, 0.05) is 6.04 Å². The van der Waals surface area contributed by atoms with Gasteiger partial charge in [-0.3, -0.25) is 0 Å². The van der Waals surface area contributed by atoms with Crippen LogP contribution < -0.4 is 5.73 Å². The Kier molecular flexibility index (Phi) is 2.64. The maximum absolute atomic E-state index is 8.32. The molecular formula is C5H11NO. The van der Waals surface area contributed by atoms with Crippen molar-refractivity contribution in [2.45, 2.75) is 13.0 Å². The highest BCUT2D eigenvalue weighted by Crippen LogP contribution is 1.89. The standard InChI is InChI=1S/C5H11NO/c1-4(2)5(6)3-7/h5,7H,1,3,6H2,2H3/t5-/m0/s1. The lowest BCUT2D eigenvalue weighted by molar-refractivity contribution is 0.279.